The average molecular weight is 418 g/mol. The number of hydrogen-bond donors (Lipinski definition) is 3. The Kier molecular flexibility index (Phi) is 13.0. The summed E-state index contributed by atoms with van der Waals surface area (Å²) in [6, 6.07) is 3.37. The van der Waals surface area contributed by atoms with Crippen LogP contribution in [0.5, 0.6) is 5.88 Å². The summed E-state index contributed by atoms with van der Waals surface area (Å²) in [5.74, 6) is -0.760. The molecular formula is C23H37N4O3-. The van der Waals surface area contributed by atoms with Gasteiger partial charge in [-0.1, -0.05) is 64.0 Å². The first-order valence-electron chi connectivity index (χ1n) is 11.0. The molecule has 7 nitrogen and oxygen atoms in total. The maximum atomic E-state index is 11.3. The minimum atomic E-state index is -0.983. The third-order valence-corrected chi connectivity index (χ3v) is 5.19. The second-order valence-electron chi connectivity index (χ2n) is 7.91. The number of aliphatic carboxylic acids is 1. The molecule has 0 aliphatic heterocycles. The lowest BCUT2D eigenvalue weighted by molar-refractivity contribution is -0.275. The van der Waals surface area contributed by atoms with Gasteiger partial charge in [0.25, 0.3) is 0 Å². The van der Waals surface area contributed by atoms with Crippen molar-refractivity contribution in [2.24, 2.45) is 22.4 Å². The number of aromatic nitrogens is 1. The van der Waals surface area contributed by atoms with Crippen molar-refractivity contribution in [2.75, 3.05) is 6.54 Å². The fourth-order valence-corrected chi connectivity index (χ4v) is 3.61. The van der Waals surface area contributed by atoms with Crippen LogP contribution in [0.25, 0.3) is 0 Å². The molecule has 7 heteroatoms. The molecule has 30 heavy (non-hydrogen) atoms. The molecule has 0 aromatic carbocycles. The van der Waals surface area contributed by atoms with Gasteiger partial charge in [0.2, 0.25) is 0 Å². The number of unbranched alkanes of at least 4 members (excludes halogenated alkanes) is 5. The van der Waals surface area contributed by atoms with Crippen LogP contribution in [0.1, 0.15) is 76.7 Å². The Balaban J connectivity index is 2.60. The molecule has 1 aromatic rings. The molecule has 0 saturated heterocycles. The fourth-order valence-electron chi connectivity index (χ4n) is 3.61. The van der Waals surface area contributed by atoms with Crippen molar-refractivity contribution in [1.82, 2.24) is 4.98 Å². The van der Waals surface area contributed by atoms with Crippen LogP contribution >= 0.6 is 0 Å². The van der Waals surface area contributed by atoms with Crippen LogP contribution in [-0.4, -0.2) is 28.6 Å². The van der Waals surface area contributed by atoms with Crippen LogP contribution in [0.15, 0.2) is 35.0 Å². The van der Waals surface area contributed by atoms with E-state index in [9.17, 15) is 9.90 Å². The van der Waals surface area contributed by atoms with E-state index in [0.717, 1.165) is 31.2 Å². The zero-order valence-corrected chi connectivity index (χ0v) is 18.2. The summed E-state index contributed by atoms with van der Waals surface area (Å²) in [5, 5.41) is 20.3. The first-order valence-corrected chi connectivity index (χ1v) is 11.0. The third-order valence-electron chi connectivity index (χ3n) is 5.19. The Morgan fingerprint density at radius 2 is 1.87 bits per heavy atom. The molecule has 1 rings (SSSR count). The molecule has 0 fully saturated rings. The molecule has 1 aromatic heterocycles. The fraction of sp³-hybridized carbons (Fsp3) is 0.609. The Bertz CT molecular complexity index is 668. The van der Waals surface area contributed by atoms with Gasteiger partial charge >= 0.3 is 5.97 Å². The van der Waals surface area contributed by atoms with Gasteiger partial charge in [0.15, 0.2) is 5.96 Å². The Morgan fingerprint density at radius 1 is 1.17 bits per heavy atom. The molecule has 5 N–H and O–H groups in total. The zero-order chi connectivity index (χ0) is 22.2. The summed E-state index contributed by atoms with van der Waals surface area (Å²) < 4.78 is 0. The number of hydrogen-bond acceptors (Lipinski definition) is 4. The van der Waals surface area contributed by atoms with Gasteiger partial charge in [-0.05, 0) is 48.6 Å². The molecule has 0 amide bonds. The van der Waals surface area contributed by atoms with Crippen LogP contribution < -0.4 is 16.6 Å². The molecule has 0 saturated carbocycles. The van der Waals surface area contributed by atoms with Crippen LogP contribution in [0, 0.1) is 5.92 Å². The van der Waals surface area contributed by atoms with E-state index in [1.165, 1.54) is 50.7 Å². The van der Waals surface area contributed by atoms with E-state index in [0.29, 0.717) is 17.9 Å². The topological polar surface area (TPSA) is 138 Å². The van der Waals surface area contributed by atoms with E-state index in [-0.39, 0.29) is 18.4 Å². The molecule has 0 radical (unpaired) electrons. The van der Waals surface area contributed by atoms with E-state index in [2.05, 4.69) is 16.9 Å². The number of guanidine groups is 1. The van der Waals surface area contributed by atoms with E-state index in [1.54, 1.807) is 6.20 Å². The van der Waals surface area contributed by atoms with Crippen molar-refractivity contribution in [3.8, 4) is 5.88 Å². The molecule has 0 aliphatic rings. The van der Waals surface area contributed by atoms with Crippen molar-refractivity contribution in [3.05, 3.63) is 35.5 Å². The van der Waals surface area contributed by atoms with Crippen molar-refractivity contribution in [3.63, 3.8) is 0 Å². The summed E-state index contributed by atoms with van der Waals surface area (Å²) in [4.78, 5) is 18.9. The molecule has 0 aliphatic carbocycles. The molecule has 1 atom stereocenters. The minimum Gasteiger partial charge on any atom is -0.859 e. The first-order chi connectivity index (χ1) is 14.4. The molecule has 0 bridgehead atoms. The standard InChI is InChI=1S/C23H38N4O3/c1-2-3-4-5-6-7-9-18(14-20-12-13-21(28)26-16-20)10-8-11-19(15-22(29)30)17-27-23(24)25/h12-13,15-16,18H,2-11,14,17H2,1H3,(H,26,28)(H,29,30)(H4,24,25,27)/p-1. The number of rotatable bonds is 16. The summed E-state index contributed by atoms with van der Waals surface area (Å²) in [6.45, 7) is 2.43. The van der Waals surface area contributed by atoms with Crippen LogP contribution in [0.3, 0.4) is 0 Å². The predicted octanol–water partition coefficient (Wildman–Crippen LogP) is 3.52. The third kappa shape index (κ3) is 12.8. The van der Waals surface area contributed by atoms with Crippen LogP contribution in [-0.2, 0) is 11.2 Å². The van der Waals surface area contributed by atoms with Crippen molar-refractivity contribution in [1.29, 1.82) is 0 Å². The summed E-state index contributed by atoms with van der Waals surface area (Å²) in [7, 11) is 0. The van der Waals surface area contributed by atoms with Gasteiger partial charge in [0.05, 0.1) is 6.54 Å². The van der Waals surface area contributed by atoms with Gasteiger partial charge < -0.3 is 21.7 Å². The molecule has 168 valence electrons. The minimum absolute atomic E-state index is 0.0402. The number of nitrogens with two attached hydrogens (primary N) is 2. The van der Waals surface area contributed by atoms with E-state index < -0.39 is 5.97 Å². The monoisotopic (exact) mass is 417 g/mol. The quantitative estimate of drug-likeness (QED) is 0.163. The largest absolute Gasteiger partial charge is 0.859 e. The van der Waals surface area contributed by atoms with Crippen LogP contribution in [0.2, 0.25) is 0 Å². The summed E-state index contributed by atoms with van der Waals surface area (Å²) in [6.07, 6.45) is 14.9. The molecule has 0 spiro atoms. The van der Waals surface area contributed by atoms with Crippen molar-refractivity contribution >= 4 is 11.9 Å². The van der Waals surface area contributed by atoms with Crippen LogP contribution in [0.4, 0.5) is 0 Å². The lowest BCUT2D eigenvalue weighted by Gasteiger charge is -2.18. The second-order valence-corrected chi connectivity index (χ2v) is 7.91. The molecule has 1 unspecified atom stereocenters. The Hall–Kier alpha value is -2.57. The molecule has 1 heterocycles. The maximum Gasteiger partial charge on any atom is 0.328 e. The highest BCUT2D eigenvalue weighted by molar-refractivity contribution is 5.81. The van der Waals surface area contributed by atoms with E-state index in [1.807, 2.05) is 6.07 Å². The number of nitrogens with zero attached hydrogens (tertiary/aromatic N) is 2. The predicted molar refractivity (Wildman–Crippen MR) is 119 cm³/mol. The zero-order valence-electron chi connectivity index (χ0n) is 18.2. The molecular weight excluding hydrogens is 380 g/mol. The normalized spacial score (nSPS) is 12.5. The maximum absolute atomic E-state index is 11.3. The van der Waals surface area contributed by atoms with E-state index >= 15 is 0 Å². The highest BCUT2D eigenvalue weighted by Crippen LogP contribution is 2.23. The number of carboxylic acid groups (broad SMARTS) is 1. The smallest absolute Gasteiger partial charge is 0.328 e. The number of pyridine rings is 1. The summed E-state index contributed by atoms with van der Waals surface area (Å²) >= 11 is 0. The Morgan fingerprint density at radius 3 is 2.50 bits per heavy atom. The van der Waals surface area contributed by atoms with Gasteiger partial charge in [-0.2, -0.15) is 0 Å². The highest BCUT2D eigenvalue weighted by atomic mass is 16.4. The van der Waals surface area contributed by atoms with Gasteiger partial charge in [0, 0.05) is 12.3 Å². The number of carboxylic acids is 1. The number of carbonyl (C=O) groups is 1. The Labute approximate surface area is 180 Å². The van der Waals surface area contributed by atoms with E-state index in [4.69, 9.17) is 16.6 Å². The lowest BCUT2D eigenvalue weighted by Crippen LogP contribution is -2.23. The van der Waals surface area contributed by atoms with Crippen molar-refractivity contribution < 1.29 is 15.0 Å². The van der Waals surface area contributed by atoms with Gasteiger partial charge in [-0.15, -0.1) is 0 Å². The first kappa shape index (κ1) is 25.5. The SMILES string of the molecule is CCCCCCCCC(CCCC(=CC(=O)O)CN=C(N)N)Cc1ccc([O-])nc1. The second kappa shape index (κ2) is 15.3. The van der Waals surface area contributed by atoms with Gasteiger partial charge in [-0.25, -0.2) is 9.79 Å². The number of aliphatic imine (C=N–C) groups is 1. The summed E-state index contributed by atoms with van der Waals surface area (Å²) in [5.41, 5.74) is 12.5. The highest BCUT2D eigenvalue weighted by Gasteiger charge is 2.11. The van der Waals surface area contributed by atoms with Gasteiger partial charge in [-0.3, -0.25) is 4.98 Å². The average Bonchev–Trinajstić information content (AvgIpc) is 2.69. The van der Waals surface area contributed by atoms with Crippen molar-refractivity contribution in [2.45, 2.75) is 77.6 Å². The lowest BCUT2D eigenvalue weighted by atomic mass is 9.89. The van der Waals surface area contributed by atoms with Gasteiger partial charge in [0.1, 0.15) is 0 Å².